The highest BCUT2D eigenvalue weighted by molar-refractivity contribution is 5.98. The van der Waals surface area contributed by atoms with Crippen LogP contribution < -0.4 is 15.8 Å². The molecule has 2 aliphatic rings. The monoisotopic (exact) mass is 547 g/mol. The van der Waals surface area contributed by atoms with Crippen molar-refractivity contribution >= 4 is 23.0 Å². The molecule has 1 amide bonds. The smallest absolute Gasteiger partial charge is 0.296 e. The summed E-state index contributed by atoms with van der Waals surface area (Å²) in [5.74, 6) is 7.16. The van der Waals surface area contributed by atoms with Gasteiger partial charge in [0.25, 0.3) is 5.91 Å². The number of nitrogens with zero attached hydrogens (tertiary/aromatic N) is 3. The highest BCUT2D eigenvalue weighted by atomic mass is 16.5. The number of amides is 1. The van der Waals surface area contributed by atoms with Gasteiger partial charge < -0.3 is 15.8 Å². The van der Waals surface area contributed by atoms with Gasteiger partial charge in [-0.3, -0.25) is 14.0 Å². The van der Waals surface area contributed by atoms with E-state index in [-0.39, 0.29) is 22.6 Å². The maximum Gasteiger partial charge on any atom is 0.296 e. The third kappa shape index (κ3) is 4.71. The molecule has 4 aromatic rings. The van der Waals surface area contributed by atoms with Gasteiger partial charge in [-0.1, -0.05) is 42.3 Å². The number of methoxy groups -OCH3 is 1. The first-order chi connectivity index (χ1) is 19.9. The zero-order chi connectivity index (χ0) is 28.6. The molecule has 0 saturated heterocycles. The summed E-state index contributed by atoms with van der Waals surface area (Å²) in [5.41, 5.74) is 10.2. The molecule has 0 aliphatic heterocycles. The minimum Gasteiger partial charge on any atom is -0.496 e. The van der Waals surface area contributed by atoms with Gasteiger partial charge in [0.2, 0.25) is 0 Å². The Labute approximate surface area is 239 Å². The van der Waals surface area contributed by atoms with Gasteiger partial charge in [0, 0.05) is 35.3 Å². The molecule has 2 aromatic carbocycles. The van der Waals surface area contributed by atoms with E-state index in [0.717, 1.165) is 60.3 Å². The Kier molecular flexibility index (Phi) is 6.74. The van der Waals surface area contributed by atoms with Gasteiger partial charge in [0.1, 0.15) is 28.6 Å². The number of aromatic nitrogens is 3. The highest BCUT2D eigenvalue weighted by Crippen LogP contribution is 2.57. The van der Waals surface area contributed by atoms with Crippen LogP contribution in [0, 0.1) is 11.8 Å². The molecule has 0 spiro atoms. The minimum absolute atomic E-state index is 0.0523. The quantitative estimate of drug-likeness (QED) is 0.240. The van der Waals surface area contributed by atoms with Crippen molar-refractivity contribution in [3.8, 4) is 28.8 Å². The van der Waals surface area contributed by atoms with E-state index in [1.54, 1.807) is 32.4 Å². The molecular formula is C33H33N5O3. The summed E-state index contributed by atoms with van der Waals surface area (Å²) in [6.07, 6.45) is 9.16. The summed E-state index contributed by atoms with van der Waals surface area (Å²) < 4.78 is 7.44. The molecule has 2 aliphatic carbocycles. The number of aryl methyl sites for hydroxylation is 1. The lowest BCUT2D eigenvalue weighted by Crippen LogP contribution is -2.44. The lowest BCUT2D eigenvalue weighted by molar-refractivity contribution is -0.117. The van der Waals surface area contributed by atoms with Gasteiger partial charge in [0.05, 0.1) is 12.7 Å². The molecule has 2 saturated carbocycles. The number of carbonyl (C=O) groups excluding carboxylic acids is 2. The number of ether oxygens (including phenoxy) is 1. The molecule has 0 unspecified atom stereocenters. The Hall–Kier alpha value is -4.64. The van der Waals surface area contributed by atoms with Crippen molar-refractivity contribution in [2.24, 2.45) is 0 Å². The van der Waals surface area contributed by atoms with E-state index in [1.165, 1.54) is 0 Å². The molecule has 8 nitrogen and oxygen atoms in total. The average Bonchev–Trinajstić information content (AvgIpc) is 3.67. The minimum atomic E-state index is -0.242. The largest absolute Gasteiger partial charge is 0.496 e. The number of anilines is 1. The number of nitrogens with one attached hydrogen (secondary N) is 1. The van der Waals surface area contributed by atoms with E-state index in [1.807, 2.05) is 42.6 Å². The van der Waals surface area contributed by atoms with Gasteiger partial charge in [-0.15, -0.1) is 0 Å². The second-order valence-corrected chi connectivity index (χ2v) is 11.2. The molecule has 6 rings (SSSR count). The second kappa shape index (κ2) is 10.4. The molecule has 2 aromatic heterocycles. The summed E-state index contributed by atoms with van der Waals surface area (Å²) in [4.78, 5) is 34.7. The summed E-state index contributed by atoms with van der Waals surface area (Å²) in [6, 6.07) is 15.5. The van der Waals surface area contributed by atoms with Crippen molar-refractivity contribution < 1.29 is 14.3 Å². The second-order valence-electron chi connectivity index (χ2n) is 11.2. The van der Waals surface area contributed by atoms with Crippen LogP contribution in [0.1, 0.15) is 67.2 Å². The van der Waals surface area contributed by atoms with Crippen molar-refractivity contribution in [1.82, 2.24) is 19.7 Å². The van der Waals surface area contributed by atoms with Crippen molar-refractivity contribution in [3.63, 3.8) is 0 Å². The molecule has 0 atom stereocenters. The van der Waals surface area contributed by atoms with Crippen LogP contribution in [-0.2, 0) is 16.6 Å². The lowest BCUT2D eigenvalue weighted by Gasteiger charge is -2.27. The van der Waals surface area contributed by atoms with Gasteiger partial charge >= 0.3 is 0 Å². The molecule has 2 bridgehead atoms. The Morgan fingerprint density at radius 2 is 1.85 bits per heavy atom. The Morgan fingerprint density at radius 3 is 2.59 bits per heavy atom. The van der Waals surface area contributed by atoms with Gasteiger partial charge in [-0.25, -0.2) is 9.97 Å². The van der Waals surface area contributed by atoms with Crippen LogP contribution in [0.15, 0.2) is 60.9 Å². The number of rotatable bonds is 8. The fourth-order valence-corrected chi connectivity index (χ4v) is 6.80. The van der Waals surface area contributed by atoms with Crippen LogP contribution in [0.25, 0.3) is 16.8 Å². The van der Waals surface area contributed by atoms with Crippen LogP contribution >= 0.6 is 0 Å². The number of benzene rings is 2. The molecule has 41 heavy (non-hydrogen) atoms. The Morgan fingerprint density at radius 1 is 1.10 bits per heavy atom. The molecule has 0 radical (unpaired) electrons. The summed E-state index contributed by atoms with van der Waals surface area (Å²) >= 11 is 0. The third-order valence-corrected chi connectivity index (χ3v) is 8.79. The molecule has 8 heteroatoms. The number of fused-ring (bicyclic) bond motifs is 3. The number of hydrogen-bond donors (Lipinski definition) is 2. The van der Waals surface area contributed by atoms with E-state index in [0.29, 0.717) is 30.0 Å². The van der Waals surface area contributed by atoms with Gasteiger partial charge in [-0.2, -0.15) is 0 Å². The van der Waals surface area contributed by atoms with E-state index in [9.17, 15) is 9.59 Å². The maximum absolute atomic E-state index is 12.8. The number of carbonyl (C=O) groups is 2. The van der Waals surface area contributed by atoms with Crippen LogP contribution in [0.2, 0.25) is 0 Å². The van der Waals surface area contributed by atoms with Crippen molar-refractivity contribution in [1.29, 1.82) is 0 Å². The van der Waals surface area contributed by atoms with E-state index in [4.69, 9.17) is 15.5 Å². The van der Waals surface area contributed by atoms with Crippen LogP contribution in [0.3, 0.4) is 0 Å². The fraction of sp³-hybridized carbons (Fsp3) is 0.333. The number of imidazole rings is 1. The zero-order valence-electron chi connectivity index (χ0n) is 23.4. The summed E-state index contributed by atoms with van der Waals surface area (Å²) in [7, 11) is 1.58. The molecule has 208 valence electrons. The molecule has 2 heterocycles. The van der Waals surface area contributed by atoms with E-state index in [2.05, 4.69) is 26.5 Å². The van der Waals surface area contributed by atoms with Gasteiger partial charge in [-0.05, 0) is 69.1 Å². The van der Waals surface area contributed by atoms with Crippen LogP contribution in [0.5, 0.6) is 5.75 Å². The van der Waals surface area contributed by atoms with Crippen molar-refractivity contribution in [2.45, 2.75) is 62.8 Å². The SMILES string of the molecule is CC#CC(=O)NC12CCC(c3nc(-c4ccc(CCC(=O)c5ccccc5OC)cc4)c4c(N)nccn34)(CC1)C2. The Bertz CT molecular complexity index is 1700. The number of para-hydroxylation sites is 1. The number of hydrogen-bond acceptors (Lipinski definition) is 6. The first-order valence-corrected chi connectivity index (χ1v) is 14.0. The van der Waals surface area contributed by atoms with Crippen molar-refractivity contribution in [2.75, 3.05) is 12.8 Å². The molecule has 3 N–H and O–H groups in total. The first-order valence-electron chi connectivity index (χ1n) is 14.0. The van der Waals surface area contributed by atoms with Crippen LogP contribution in [0.4, 0.5) is 5.82 Å². The summed E-state index contributed by atoms with van der Waals surface area (Å²) in [5, 5.41) is 3.20. The van der Waals surface area contributed by atoms with E-state index < -0.39 is 0 Å². The zero-order valence-corrected chi connectivity index (χ0v) is 23.4. The Balaban J connectivity index is 1.26. The fourth-order valence-electron chi connectivity index (χ4n) is 6.80. The average molecular weight is 548 g/mol. The first kappa shape index (κ1) is 26.6. The number of Topliss-reactive ketones (excluding diaryl/α,β-unsaturated/α-hetero) is 1. The van der Waals surface area contributed by atoms with E-state index >= 15 is 0 Å². The van der Waals surface area contributed by atoms with Crippen LogP contribution in [-0.4, -0.2) is 38.7 Å². The number of nitrogens with two attached hydrogens (primary N) is 1. The lowest BCUT2D eigenvalue weighted by atomic mass is 9.83. The number of ketones is 1. The topological polar surface area (TPSA) is 112 Å². The summed E-state index contributed by atoms with van der Waals surface area (Å²) in [6.45, 7) is 1.68. The molecule has 2 fully saturated rings. The standard InChI is InChI=1S/C33H33N5O3/c1-3-6-27(40)37-33-17-15-32(21-33,16-18-33)31-36-28(29-30(34)35-19-20-38(29)31)23-12-9-22(10-13-23)11-14-25(39)24-7-4-5-8-26(24)41-2/h4-5,7-10,12-13,19-20H,11,14-18,21H2,1-2H3,(H2,34,35)(H,37,40). The highest BCUT2D eigenvalue weighted by Gasteiger charge is 2.57. The molecular weight excluding hydrogens is 514 g/mol. The van der Waals surface area contributed by atoms with Crippen molar-refractivity contribution in [3.05, 3.63) is 77.9 Å². The predicted molar refractivity (Wildman–Crippen MR) is 158 cm³/mol. The third-order valence-electron chi connectivity index (χ3n) is 8.79. The van der Waals surface area contributed by atoms with Gasteiger partial charge in [0.15, 0.2) is 5.78 Å². The maximum atomic E-state index is 12.8. The normalized spacial score (nSPS) is 20.9. The number of nitrogen functional groups attached to an aromatic ring is 1. The predicted octanol–water partition coefficient (Wildman–Crippen LogP) is 4.90.